The van der Waals surface area contributed by atoms with Gasteiger partial charge in [0, 0.05) is 18.8 Å². The Morgan fingerprint density at radius 2 is 1.91 bits per heavy atom. The van der Waals surface area contributed by atoms with Crippen LogP contribution >= 0.6 is 0 Å². The largest absolute Gasteiger partial charge is 0.492 e. The molecule has 22 heavy (non-hydrogen) atoms. The van der Waals surface area contributed by atoms with Crippen LogP contribution in [0.1, 0.15) is 33.3 Å². The van der Waals surface area contributed by atoms with Gasteiger partial charge in [-0.25, -0.2) is 0 Å². The minimum Gasteiger partial charge on any atom is -0.492 e. The zero-order valence-corrected chi connectivity index (χ0v) is 13.1. The van der Waals surface area contributed by atoms with E-state index >= 15 is 0 Å². The molecule has 5 nitrogen and oxygen atoms in total. The molecule has 0 spiro atoms. The van der Waals surface area contributed by atoms with Crippen molar-refractivity contribution < 1.29 is 14.3 Å². The van der Waals surface area contributed by atoms with E-state index in [2.05, 4.69) is 4.98 Å². The average Bonchev–Trinajstić information content (AvgIpc) is 2.98. The molecule has 1 aromatic heterocycles. The van der Waals surface area contributed by atoms with Crippen LogP contribution < -0.4 is 4.74 Å². The fourth-order valence-corrected chi connectivity index (χ4v) is 1.96. The summed E-state index contributed by atoms with van der Waals surface area (Å²) < 4.78 is 5.60. The van der Waals surface area contributed by atoms with Crippen LogP contribution in [0.15, 0.2) is 36.5 Å². The summed E-state index contributed by atoms with van der Waals surface area (Å²) in [6.07, 6.45) is 1.55. The van der Waals surface area contributed by atoms with Gasteiger partial charge in [-0.15, -0.1) is 0 Å². The Balaban J connectivity index is 1.85. The fourth-order valence-electron chi connectivity index (χ4n) is 1.96. The summed E-state index contributed by atoms with van der Waals surface area (Å²) in [6.45, 7) is 4.35. The van der Waals surface area contributed by atoms with Gasteiger partial charge in [-0.3, -0.25) is 9.59 Å². The third-order valence-corrected chi connectivity index (χ3v) is 3.38. The highest BCUT2D eigenvalue weighted by molar-refractivity contribution is 5.98. The Hall–Kier alpha value is -2.56. The number of likely N-dealkylation sites (N-methyl/N-ethyl adjacent to an activating group) is 1. The van der Waals surface area contributed by atoms with E-state index in [1.807, 2.05) is 31.2 Å². The summed E-state index contributed by atoms with van der Waals surface area (Å²) in [5, 5.41) is 0. The van der Waals surface area contributed by atoms with E-state index in [1.165, 1.54) is 12.5 Å². The zero-order valence-electron chi connectivity index (χ0n) is 13.1. The molecule has 0 saturated heterocycles. The molecular formula is C17H20N2O3. The minimum atomic E-state index is -0.167. The van der Waals surface area contributed by atoms with Gasteiger partial charge in [-0.2, -0.15) is 0 Å². The molecule has 0 saturated carbocycles. The van der Waals surface area contributed by atoms with Crippen LogP contribution in [-0.2, 0) is 0 Å². The van der Waals surface area contributed by atoms with Crippen molar-refractivity contribution in [3.63, 3.8) is 0 Å². The maximum absolute atomic E-state index is 12.2. The second-order valence-corrected chi connectivity index (χ2v) is 5.25. The van der Waals surface area contributed by atoms with E-state index in [0.717, 1.165) is 5.75 Å². The van der Waals surface area contributed by atoms with Gasteiger partial charge < -0.3 is 14.6 Å². The van der Waals surface area contributed by atoms with Crippen molar-refractivity contribution in [3.8, 4) is 5.75 Å². The van der Waals surface area contributed by atoms with Crippen LogP contribution in [0.25, 0.3) is 0 Å². The number of carbonyl (C=O) groups is 2. The Kier molecular flexibility index (Phi) is 4.99. The van der Waals surface area contributed by atoms with Gasteiger partial charge >= 0.3 is 0 Å². The van der Waals surface area contributed by atoms with Crippen molar-refractivity contribution in [2.24, 2.45) is 0 Å². The van der Waals surface area contributed by atoms with Crippen LogP contribution in [0.2, 0.25) is 0 Å². The van der Waals surface area contributed by atoms with Crippen molar-refractivity contribution in [3.05, 3.63) is 53.3 Å². The lowest BCUT2D eigenvalue weighted by Gasteiger charge is -2.16. The Bertz CT molecular complexity index is 659. The number of carbonyl (C=O) groups excluding carboxylic acids is 2. The lowest BCUT2D eigenvalue weighted by molar-refractivity contribution is 0.0768. The summed E-state index contributed by atoms with van der Waals surface area (Å²) in [6, 6.07) is 9.34. The standard InChI is InChI=1S/C17H20N2O3/c1-12-4-6-15(7-5-12)22-9-8-19(3)17(21)16-10-14(11-18-16)13(2)20/h4-7,10-11,18H,8-9H2,1-3H3. The SMILES string of the molecule is CC(=O)c1c[nH]c(C(=O)N(C)CCOc2ccc(C)cc2)c1. The number of ether oxygens (including phenoxy) is 1. The summed E-state index contributed by atoms with van der Waals surface area (Å²) in [5.41, 5.74) is 2.09. The maximum Gasteiger partial charge on any atom is 0.270 e. The van der Waals surface area contributed by atoms with Crippen LogP contribution in [0, 0.1) is 6.92 Å². The second kappa shape index (κ2) is 6.93. The van der Waals surface area contributed by atoms with Gasteiger partial charge in [0.25, 0.3) is 5.91 Å². The number of aromatic nitrogens is 1. The molecule has 1 N–H and O–H groups in total. The summed E-state index contributed by atoms with van der Waals surface area (Å²) >= 11 is 0. The number of amides is 1. The molecule has 2 aromatic rings. The molecule has 0 aliphatic rings. The molecule has 0 atom stereocenters. The number of nitrogens with one attached hydrogen (secondary N) is 1. The topological polar surface area (TPSA) is 62.4 Å². The number of nitrogens with zero attached hydrogens (tertiary/aromatic N) is 1. The first kappa shape index (κ1) is 15.8. The highest BCUT2D eigenvalue weighted by Crippen LogP contribution is 2.11. The van der Waals surface area contributed by atoms with E-state index in [1.54, 1.807) is 24.2 Å². The van der Waals surface area contributed by atoms with Crippen molar-refractivity contribution in [1.82, 2.24) is 9.88 Å². The molecule has 1 aromatic carbocycles. The van der Waals surface area contributed by atoms with Gasteiger partial charge in [0.1, 0.15) is 18.1 Å². The number of rotatable bonds is 6. The maximum atomic E-state index is 12.2. The second-order valence-electron chi connectivity index (χ2n) is 5.25. The number of ketones is 1. The third-order valence-electron chi connectivity index (χ3n) is 3.38. The molecule has 116 valence electrons. The lowest BCUT2D eigenvalue weighted by atomic mass is 10.2. The number of benzene rings is 1. The molecule has 2 rings (SSSR count). The van der Waals surface area contributed by atoms with E-state index < -0.39 is 0 Å². The normalized spacial score (nSPS) is 10.3. The smallest absolute Gasteiger partial charge is 0.270 e. The quantitative estimate of drug-likeness (QED) is 0.834. The summed E-state index contributed by atoms with van der Waals surface area (Å²) in [4.78, 5) is 27.8. The number of H-pyrrole nitrogens is 1. The molecule has 0 bridgehead atoms. The molecular weight excluding hydrogens is 280 g/mol. The van der Waals surface area contributed by atoms with Crippen molar-refractivity contribution >= 4 is 11.7 Å². The predicted octanol–water partition coefficient (Wildman–Crippen LogP) is 2.68. The minimum absolute atomic E-state index is 0.0688. The predicted molar refractivity (Wildman–Crippen MR) is 84.4 cm³/mol. The first-order chi connectivity index (χ1) is 10.5. The Labute approximate surface area is 129 Å². The van der Waals surface area contributed by atoms with Crippen molar-refractivity contribution in [2.45, 2.75) is 13.8 Å². The van der Waals surface area contributed by atoms with Crippen LogP contribution in [-0.4, -0.2) is 41.8 Å². The average molecular weight is 300 g/mol. The lowest BCUT2D eigenvalue weighted by Crippen LogP contribution is -2.31. The number of aryl methyl sites for hydroxylation is 1. The Morgan fingerprint density at radius 1 is 1.23 bits per heavy atom. The van der Waals surface area contributed by atoms with Gasteiger partial charge in [0.2, 0.25) is 0 Å². The summed E-state index contributed by atoms with van der Waals surface area (Å²) in [7, 11) is 1.70. The monoisotopic (exact) mass is 300 g/mol. The first-order valence-corrected chi connectivity index (χ1v) is 7.11. The number of hydrogen-bond acceptors (Lipinski definition) is 3. The molecule has 0 aliphatic carbocycles. The highest BCUT2D eigenvalue weighted by atomic mass is 16.5. The molecule has 5 heteroatoms. The van der Waals surface area contributed by atoms with Crippen LogP contribution in [0.5, 0.6) is 5.75 Å². The van der Waals surface area contributed by atoms with E-state index in [-0.39, 0.29) is 11.7 Å². The van der Waals surface area contributed by atoms with Crippen LogP contribution in [0.3, 0.4) is 0 Å². The first-order valence-electron chi connectivity index (χ1n) is 7.11. The molecule has 0 aliphatic heterocycles. The number of Topliss-reactive ketones (excluding diaryl/α,β-unsaturated/α-hetero) is 1. The number of aromatic amines is 1. The van der Waals surface area contributed by atoms with Gasteiger partial charge in [-0.1, -0.05) is 17.7 Å². The molecule has 1 heterocycles. The van der Waals surface area contributed by atoms with E-state index in [0.29, 0.717) is 24.4 Å². The van der Waals surface area contributed by atoms with Gasteiger partial charge in [0.15, 0.2) is 5.78 Å². The van der Waals surface area contributed by atoms with Gasteiger partial charge in [0.05, 0.1) is 6.54 Å². The zero-order chi connectivity index (χ0) is 16.1. The fraction of sp³-hybridized carbons (Fsp3) is 0.294. The van der Waals surface area contributed by atoms with E-state index in [9.17, 15) is 9.59 Å². The van der Waals surface area contributed by atoms with Gasteiger partial charge in [-0.05, 0) is 32.0 Å². The highest BCUT2D eigenvalue weighted by Gasteiger charge is 2.14. The van der Waals surface area contributed by atoms with E-state index in [4.69, 9.17) is 4.74 Å². The summed E-state index contributed by atoms with van der Waals surface area (Å²) in [5.74, 6) is 0.547. The molecule has 0 radical (unpaired) electrons. The molecule has 0 unspecified atom stereocenters. The third kappa shape index (κ3) is 3.97. The Morgan fingerprint density at radius 3 is 2.50 bits per heavy atom. The molecule has 0 fully saturated rings. The number of hydrogen-bond donors (Lipinski definition) is 1. The van der Waals surface area contributed by atoms with Crippen molar-refractivity contribution in [1.29, 1.82) is 0 Å². The van der Waals surface area contributed by atoms with Crippen LogP contribution in [0.4, 0.5) is 0 Å². The molecule has 1 amide bonds. The van der Waals surface area contributed by atoms with Crippen molar-refractivity contribution in [2.75, 3.05) is 20.2 Å².